The van der Waals surface area contributed by atoms with Crippen LogP contribution in [0.4, 0.5) is 5.69 Å². The number of rotatable bonds is 5. The summed E-state index contributed by atoms with van der Waals surface area (Å²) in [6.45, 7) is 7.19. The van der Waals surface area contributed by atoms with Crippen molar-refractivity contribution in [2.75, 3.05) is 26.0 Å². The van der Waals surface area contributed by atoms with Crippen molar-refractivity contribution in [2.45, 2.75) is 26.3 Å². The summed E-state index contributed by atoms with van der Waals surface area (Å²) in [5.41, 5.74) is 2.13. The molecule has 96 valence electrons. The molecule has 0 spiro atoms. The van der Waals surface area contributed by atoms with Crippen LogP contribution >= 0.6 is 11.6 Å². The van der Waals surface area contributed by atoms with Crippen LogP contribution in [-0.4, -0.2) is 26.2 Å². The lowest BCUT2D eigenvalue weighted by Gasteiger charge is -2.28. The first-order valence-electron chi connectivity index (χ1n) is 5.66. The van der Waals surface area contributed by atoms with Crippen molar-refractivity contribution >= 4 is 17.3 Å². The Hall–Kier alpha value is -0.930. The highest BCUT2D eigenvalue weighted by atomic mass is 35.5. The molecule has 0 aromatic heterocycles. The van der Waals surface area contributed by atoms with E-state index in [2.05, 4.69) is 24.5 Å². The fourth-order valence-electron chi connectivity index (χ4n) is 1.80. The van der Waals surface area contributed by atoms with E-state index in [0.717, 1.165) is 17.8 Å². The molecule has 0 amide bonds. The highest BCUT2D eigenvalue weighted by Gasteiger charge is 2.18. The van der Waals surface area contributed by atoms with Gasteiger partial charge in [-0.1, -0.05) is 11.6 Å². The summed E-state index contributed by atoms with van der Waals surface area (Å²) in [6, 6.07) is 3.85. The molecule has 0 bridgehead atoms. The number of anilines is 1. The molecule has 3 nitrogen and oxygen atoms in total. The number of nitrogens with one attached hydrogen (secondary N) is 2. The van der Waals surface area contributed by atoms with Gasteiger partial charge in [-0.3, -0.25) is 0 Å². The van der Waals surface area contributed by atoms with Gasteiger partial charge in [-0.15, -0.1) is 0 Å². The van der Waals surface area contributed by atoms with E-state index in [0.29, 0.717) is 10.8 Å². The minimum Gasteiger partial charge on any atom is -0.495 e. The largest absolute Gasteiger partial charge is 0.495 e. The highest BCUT2D eigenvalue weighted by Crippen LogP contribution is 2.31. The molecule has 4 heteroatoms. The quantitative estimate of drug-likeness (QED) is 0.850. The average molecular weight is 257 g/mol. The lowest BCUT2D eigenvalue weighted by Crippen LogP contribution is -2.40. The summed E-state index contributed by atoms with van der Waals surface area (Å²) in [7, 11) is 3.57. The van der Waals surface area contributed by atoms with E-state index in [1.807, 2.05) is 26.1 Å². The van der Waals surface area contributed by atoms with Gasteiger partial charge in [0, 0.05) is 17.8 Å². The van der Waals surface area contributed by atoms with Gasteiger partial charge in [-0.05, 0) is 45.5 Å². The van der Waals surface area contributed by atoms with Crippen LogP contribution in [0.25, 0.3) is 0 Å². The summed E-state index contributed by atoms with van der Waals surface area (Å²) >= 11 is 6.13. The zero-order valence-corrected chi connectivity index (χ0v) is 11.9. The van der Waals surface area contributed by atoms with Crippen LogP contribution in [0, 0.1) is 6.92 Å². The van der Waals surface area contributed by atoms with Crippen LogP contribution in [0.2, 0.25) is 5.02 Å². The maximum atomic E-state index is 6.13. The van der Waals surface area contributed by atoms with Crippen LogP contribution in [-0.2, 0) is 0 Å². The zero-order chi connectivity index (χ0) is 13.1. The first-order chi connectivity index (χ1) is 7.89. The van der Waals surface area contributed by atoms with Gasteiger partial charge in [-0.2, -0.15) is 0 Å². The average Bonchev–Trinajstić information content (AvgIpc) is 2.22. The third kappa shape index (κ3) is 3.79. The fraction of sp³-hybridized carbons (Fsp3) is 0.538. The van der Waals surface area contributed by atoms with E-state index in [4.69, 9.17) is 16.3 Å². The van der Waals surface area contributed by atoms with Gasteiger partial charge in [0.15, 0.2) is 0 Å². The number of halogens is 1. The Bertz CT molecular complexity index is 391. The van der Waals surface area contributed by atoms with Crippen molar-refractivity contribution < 1.29 is 4.74 Å². The molecule has 2 N–H and O–H groups in total. The minimum absolute atomic E-state index is 0.0303. The monoisotopic (exact) mass is 256 g/mol. The number of aryl methyl sites for hydroxylation is 1. The fourth-order valence-corrected chi connectivity index (χ4v) is 2.04. The number of benzene rings is 1. The molecule has 1 aromatic rings. The molecular formula is C13H21ClN2O. The Morgan fingerprint density at radius 3 is 2.53 bits per heavy atom. The molecule has 0 fully saturated rings. The second kappa shape index (κ2) is 5.61. The van der Waals surface area contributed by atoms with E-state index in [1.54, 1.807) is 7.11 Å². The van der Waals surface area contributed by atoms with Crippen molar-refractivity contribution in [3.8, 4) is 5.75 Å². The van der Waals surface area contributed by atoms with Gasteiger partial charge in [0.1, 0.15) is 5.75 Å². The van der Waals surface area contributed by atoms with Crippen LogP contribution in [0.3, 0.4) is 0 Å². The topological polar surface area (TPSA) is 33.3 Å². The molecular weight excluding hydrogens is 236 g/mol. The molecule has 0 radical (unpaired) electrons. The van der Waals surface area contributed by atoms with E-state index in [1.165, 1.54) is 0 Å². The highest BCUT2D eigenvalue weighted by molar-refractivity contribution is 6.32. The van der Waals surface area contributed by atoms with Crippen molar-refractivity contribution in [2.24, 2.45) is 0 Å². The Kier molecular flexibility index (Phi) is 4.66. The van der Waals surface area contributed by atoms with E-state index in [-0.39, 0.29) is 5.54 Å². The summed E-state index contributed by atoms with van der Waals surface area (Å²) in [6.07, 6.45) is 0. The van der Waals surface area contributed by atoms with Gasteiger partial charge < -0.3 is 15.4 Å². The minimum atomic E-state index is -0.0303. The summed E-state index contributed by atoms with van der Waals surface area (Å²) in [4.78, 5) is 0. The standard InChI is InChI=1S/C13H21ClN2O/c1-9-6-12(17-5)10(14)7-11(9)16-13(2,3)8-15-4/h6-7,15-16H,8H2,1-5H3. The Balaban J connectivity index is 2.96. The second-order valence-corrected chi connectivity index (χ2v) is 5.25. The molecule has 1 rings (SSSR count). The smallest absolute Gasteiger partial charge is 0.137 e. The van der Waals surface area contributed by atoms with Gasteiger partial charge in [0.25, 0.3) is 0 Å². The first-order valence-corrected chi connectivity index (χ1v) is 6.04. The predicted molar refractivity (Wildman–Crippen MR) is 74.4 cm³/mol. The molecule has 0 heterocycles. The van der Waals surface area contributed by atoms with Crippen molar-refractivity contribution in [1.82, 2.24) is 5.32 Å². The SMILES string of the molecule is CNCC(C)(C)Nc1cc(Cl)c(OC)cc1C. The Morgan fingerprint density at radius 2 is 2.00 bits per heavy atom. The van der Waals surface area contributed by atoms with Crippen molar-refractivity contribution in [1.29, 1.82) is 0 Å². The van der Waals surface area contributed by atoms with Crippen molar-refractivity contribution in [3.05, 3.63) is 22.7 Å². The third-order valence-electron chi connectivity index (χ3n) is 2.59. The number of hydrogen-bond donors (Lipinski definition) is 2. The van der Waals surface area contributed by atoms with Gasteiger partial charge in [0.2, 0.25) is 0 Å². The third-order valence-corrected chi connectivity index (χ3v) is 2.89. The number of hydrogen-bond acceptors (Lipinski definition) is 3. The second-order valence-electron chi connectivity index (χ2n) is 4.84. The summed E-state index contributed by atoms with van der Waals surface area (Å²) in [5.74, 6) is 0.709. The van der Waals surface area contributed by atoms with E-state index in [9.17, 15) is 0 Å². The molecule has 0 unspecified atom stereocenters. The number of methoxy groups -OCH3 is 1. The Labute approximate surface area is 109 Å². The predicted octanol–water partition coefficient (Wildman–Crippen LogP) is 3.07. The molecule has 17 heavy (non-hydrogen) atoms. The molecule has 0 saturated carbocycles. The molecule has 0 saturated heterocycles. The lowest BCUT2D eigenvalue weighted by molar-refractivity contribution is 0.414. The van der Waals surface area contributed by atoms with Crippen LogP contribution in [0.15, 0.2) is 12.1 Å². The number of ether oxygens (including phenoxy) is 1. The van der Waals surface area contributed by atoms with Gasteiger partial charge in [-0.25, -0.2) is 0 Å². The van der Waals surface area contributed by atoms with Gasteiger partial charge >= 0.3 is 0 Å². The Morgan fingerprint density at radius 1 is 1.35 bits per heavy atom. The number of likely N-dealkylation sites (N-methyl/N-ethyl adjacent to an activating group) is 1. The first kappa shape index (κ1) is 14.1. The molecule has 0 aliphatic heterocycles. The maximum absolute atomic E-state index is 6.13. The van der Waals surface area contributed by atoms with Crippen LogP contribution in [0.5, 0.6) is 5.75 Å². The molecule has 0 atom stereocenters. The van der Waals surface area contributed by atoms with Crippen LogP contribution in [0.1, 0.15) is 19.4 Å². The normalized spacial score (nSPS) is 11.4. The van der Waals surface area contributed by atoms with Gasteiger partial charge in [0.05, 0.1) is 12.1 Å². The van der Waals surface area contributed by atoms with Crippen molar-refractivity contribution in [3.63, 3.8) is 0 Å². The summed E-state index contributed by atoms with van der Waals surface area (Å²) in [5, 5.41) is 7.27. The zero-order valence-electron chi connectivity index (χ0n) is 11.1. The molecule has 0 aliphatic rings. The van der Waals surface area contributed by atoms with Crippen LogP contribution < -0.4 is 15.4 Å². The lowest BCUT2D eigenvalue weighted by atomic mass is 10.0. The summed E-state index contributed by atoms with van der Waals surface area (Å²) < 4.78 is 5.19. The maximum Gasteiger partial charge on any atom is 0.137 e. The van der Waals surface area contributed by atoms with E-state index >= 15 is 0 Å². The molecule has 1 aromatic carbocycles. The van der Waals surface area contributed by atoms with E-state index < -0.39 is 0 Å². The molecule has 0 aliphatic carbocycles.